The molecule has 1 atom stereocenters. The molecule has 3 N–H and O–H groups in total. The maximum Gasteiger partial charge on any atom is 0.221 e. The predicted octanol–water partition coefficient (Wildman–Crippen LogP) is 0.617. The van der Waals surface area contributed by atoms with Crippen LogP contribution in [0.3, 0.4) is 0 Å². The van der Waals surface area contributed by atoms with Gasteiger partial charge in [-0.15, -0.1) is 0 Å². The molecular formula is C15H22N2O3. The molecule has 1 aromatic carbocycles. The van der Waals surface area contributed by atoms with E-state index in [0.29, 0.717) is 13.0 Å². The van der Waals surface area contributed by atoms with Gasteiger partial charge in [-0.3, -0.25) is 9.69 Å². The second kappa shape index (κ2) is 6.35. The fourth-order valence-corrected chi connectivity index (χ4v) is 2.51. The van der Waals surface area contributed by atoms with E-state index in [-0.39, 0.29) is 12.5 Å². The highest BCUT2D eigenvalue weighted by Crippen LogP contribution is 2.20. The Morgan fingerprint density at radius 3 is 2.65 bits per heavy atom. The van der Waals surface area contributed by atoms with E-state index in [2.05, 4.69) is 10.2 Å². The summed E-state index contributed by atoms with van der Waals surface area (Å²) in [5.41, 5.74) is 1.07. The van der Waals surface area contributed by atoms with E-state index in [9.17, 15) is 9.90 Å². The highest BCUT2D eigenvalue weighted by atomic mass is 16.3. The largest absolute Gasteiger partial charge is 0.393 e. The van der Waals surface area contributed by atoms with Crippen molar-refractivity contribution >= 4 is 11.6 Å². The van der Waals surface area contributed by atoms with Crippen LogP contribution in [0.15, 0.2) is 24.3 Å². The molecule has 2 rings (SSSR count). The molecule has 1 saturated heterocycles. The minimum Gasteiger partial charge on any atom is -0.393 e. The van der Waals surface area contributed by atoms with Gasteiger partial charge in [-0.2, -0.15) is 0 Å². The predicted molar refractivity (Wildman–Crippen MR) is 77.5 cm³/mol. The SMILES string of the molecule is CC(=O)Nc1ccc(CCN2CCC(O)(CO)C2)cc1. The molecule has 0 bridgehead atoms. The summed E-state index contributed by atoms with van der Waals surface area (Å²) in [6.45, 7) is 3.54. The van der Waals surface area contributed by atoms with Gasteiger partial charge < -0.3 is 15.5 Å². The monoisotopic (exact) mass is 278 g/mol. The van der Waals surface area contributed by atoms with Gasteiger partial charge in [0.25, 0.3) is 0 Å². The van der Waals surface area contributed by atoms with Crippen LogP contribution in [-0.2, 0) is 11.2 Å². The summed E-state index contributed by atoms with van der Waals surface area (Å²) in [5, 5.41) is 21.8. The van der Waals surface area contributed by atoms with E-state index in [1.807, 2.05) is 24.3 Å². The molecule has 0 radical (unpaired) electrons. The lowest BCUT2D eigenvalue weighted by molar-refractivity contribution is -0.114. The molecule has 1 fully saturated rings. The number of β-amino-alcohol motifs (C(OH)–C–C–N with tert-alkyl or cyclic N) is 1. The molecule has 1 amide bonds. The number of rotatable bonds is 5. The molecule has 1 aliphatic rings. The zero-order valence-corrected chi connectivity index (χ0v) is 11.8. The Hall–Kier alpha value is -1.43. The van der Waals surface area contributed by atoms with Gasteiger partial charge in [0.1, 0.15) is 5.60 Å². The molecule has 1 unspecified atom stereocenters. The smallest absolute Gasteiger partial charge is 0.221 e. The second-order valence-corrected chi connectivity index (χ2v) is 5.54. The Bertz CT molecular complexity index is 461. The summed E-state index contributed by atoms with van der Waals surface area (Å²) in [4.78, 5) is 13.1. The topological polar surface area (TPSA) is 72.8 Å². The lowest BCUT2D eigenvalue weighted by Crippen LogP contribution is -2.37. The van der Waals surface area contributed by atoms with E-state index in [1.54, 1.807) is 0 Å². The first-order valence-electron chi connectivity index (χ1n) is 6.93. The number of hydrogen-bond donors (Lipinski definition) is 3. The number of aliphatic hydroxyl groups is 2. The molecule has 0 aliphatic carbocycles. The first kappa shape index (κ1) is 15.0. The van der Waals surface area contributed by atoms with Crippen molar-refractivity contribution in [1.29, 1.82) is 0 Å². The minimum absolute atomic E-state index is 0.0712. The second-order valence-electron chi connectivity index (χ2n) is 5.54. The van der Waals surface area contributed by atoms with Crippen molar-refractivity contribution in [2.75, 3.05) is 31.6 Å². The summed E-state index contributed by atoms with van der Waals surface area (Å²) in [5.74, 6) is -0.0712. The number of carbonyl (C=O) groups excluding carboxylic acids is 1. The third kappa shape index (κ3) is 4.03. The lowest BCUT2D eigenvalue weighted by atomic mass is 10.1. The van der Waals surface area contributed by atoms with Crippen LogP contribution in [0.25, 0.3) is 0 Å². The van der Waals surface area contributed by atoms with E-state index in [1.165, 1.54) is 12.5 Å². The van der Waals surface area contributed by atoms with Crippen LogP contribution in [0, 0.1) is 0 Å². The van der Waals surface area contributed by atoms with Gasteiger partial charge in [-0.25, -0.2) is 0 Å². The molecule has 110 valence electrons. The van der Waals surface area contributed by atoms with Crippen molar-refractivity contribution in [1.82, 2.24) is 4.90 Å². The quantitative estimate of drug-likeness (QED) is 0.738. The molecular weight excluding hydrogens is 256 g/mol. The molecule has 1 aromatic rings. The maximum atomic E-state index is 10.9. The highest BCUT2D eigenvalue weighted by Gasteiger charge is 2.34. The van der Waals surface area contributed by atoms with E-state index in [4.69, 9.17) is 5.11 Å². The number of carbonyl (C=O) groups is 1. The maximum absolute atomic E-state index is 10.9. The van der Waals surface area contributed by atoms with Crippen molar-refractivity contribution in [3.63, 3.8) is 0 Å². The average molecular weight is 278 g/mol. The first-order chi connectivity index (χ1) is 9.50. The Labute approximate surface area is 119 Å². The van der Waals surface area contributed by atoms with Crippen LogP contribution >= 0.6 is 0 Å². The molecule has 1 heterocycles. The summed E-state index contributed by atoms with van der Waals surface area (Å²) in [7, 11) is 0. The van der Waals surface area contributed by atoms with Crippen LogP contribution in [0.5, 0.6) is 0 Å². The summed E-state index contributed by atoms with van der Waals surface area (Å²) < 4.78 is 0. The standard InChI is InChI=1S/C15H22N2O3/c1-12(19)16-14-4-2-13(3-5-14)6-8-17-9-7-15(20,10-17)11-18/h2-5,18,20H,6-11H2,1H3,(H,16,19). The zero-order valence-electron chi connectivity index (χ0n) is 11.8. The molecule has 5 nitrogen and oxygen atoms in total. The van der Waals surface area contributed by atoms with Crippen molar-refractivity contribution in [2.45, 2.75) is 25.4 Å². The van der Waals surface area contributed by atoms with Crippen molar-refractivity contribution in [2.24, 2.45) is 0 Å². The van der Waals surface area contributed by atoms with Crippen LogP contribution in [0.1, 0.15) is 18.9 Å². The number of likely N-dealkylation sites (tertiary alicyclic amines) is 1. The fraction of sp³-hybridized carbons (Fsp3) is 0.533. The summed E-state index contributed by atoms with van der Waals surface area (Å²) in [6.07, 6.45) is 1.52. The van der Waals surface area contributed by atoms with Gasteiger partial charge in [0, 0.05) is 32.2 Å². The zero-order chi connectivity index (χ0) is 14.6. The summed E-state index contributed by atoms with van der Waals surface area (Å²) in [6, 6.07) is 7.79. The van der Waals surface area contributed by atoms with Gasteiger partial charge in [0.15, 0.2) is 0 Å². The average Bonchev–Trinajstić information content (AvgIpc) is 2.80. The number of amides is 1. The highest BCUT2D eigenvalue weighted by molar-refractivity contribution is 5.88. The molecule has 0 spiro atoms. The lowest BCUT2D eigenvalue weighted by Gasteiger charge is -2.20. The van der Waals surface area contributed by atoms with Crippen LogP contribution in [0.2, 0.25) is 0 Å². The Kier molecular flexibility index (Phi) is 4.75. The van der Waals surface area contributed by atoms with Crippen LogP contribution < -0.4 is 5.32 Å². The van der Waals surface area contributed by atoms with E-state index in [0.717, 1.165) is 25.2 Å². The number of nitrogens with one attached hydrogen (secondary N) is 1. The van der Waals surface area contributed by atoms with Crippen LogP contribution in [-0.4, -0.2) is 52.9 Å². The molecule has 0 saturated carbocycles. The van der Waals surface area contributed by atoms with E-state index < -0.39 is 5.60 Å². The number of hydrogen-bond acceptors (Lipinski definition) is 4. The van der Waals surface area contributed by atoms with Gasteiger partial charge in [0.05, 0.1) is 6.61 Å². The fourth-order valence-electron chi connectivity index (χ4n) is 2.51. The Morgan fingerprint density at radius 1 is 1.40 bits per heavy atom. The number of benzene rings is 1. The van der Waals surface area contributed by atoms with Crippen molar-refractivity contribution in [3.8, 4) is 0 Å². The Balaban J connectivity index is 1.81. The normalized spacial score (nSPS) is 22.9. The van der Waals surface area contributed by atoms with Gasteiger partial charge in [0.2, 0.25) is 5.91 Å². The van der Waals surface area contributed by atoms with E-state index >= 15 is 0 Å². The number of aliphatic hydroxyl groups excluding tert-OH is 1. The molecule has 0 aromatic heterocycles. The first-order valence-corrected chi connectivity index (χ1v) is 6.93. The third-order valence-corrected chi connectivity index (χ3v) is 3.70. The van der Waals surface area contributed by atoms with Crippen molar-refractivity contribution < 1.29 is 15.0 Å². The molecule has 1 aliphatic heterocycles. The van der Waals surface area contributed by atoms with Crippen molar-refractivity contribution in [3.05, 3.63) is 29.8 Å². The Morgan fingerprint density at radius 2 is 2.10 bits per heavy atom. The van der Waals surface area contributed by atoms with Gasteiger partial charge >= 0.3 is 0 Å². The number of nitrogens with zero attached hydrogens (tertiary/aromatic N) is 1. The van der Waals surface area contributed by atoms with Gasteiger partial charge in [-0.1, -0.05) is 12.1 Å². The molecule has 20 heavy (non-hydrogen) atoms. The minimum atomic E-state index is -0.921. The van der Waals surface area contributed by atoms with Crippen LogP contribution in [0.4, 0.5) is 5.69 Å². The number of anilines is 1. The molecule has 5 heteroatoms. The van der Waals surface area contributed by atoms with Gasteiger partial charge in [-0.05, 0) is 30.5 Å². The third-order valence-electron chi connectivity index (χ3n) is 3.70. The summed E-state index contributed by atoms with van der Waals surface area (Å²) >= 11 is 0.